The van der Waals surface area contributed by atoms with Crippen LogP contribution >= 0.6 is 0 Å². The maximum Gasteiger partial charge on any atom is 0.131 e. The number of benzene rings is 1. The highest BCUT2D eigenvalue weighted by molar-refractivity contribution is 5.31. The fraction of sp³-hybridized carbons (Fsp3) is 0.684. The molecule has 0 amide bonds. The van der Waals surface area contributed by atoms with Crippen molar-refractivity contribution in [2.75, 3.05) is 53.9 Å². The van der Waals surface area contributed by atoms with Crippen molar-refractivity contribution in [1.29, 1.82) is 0 Å². The Hall–Kier alpha value is -1.21. The lowest BCUT2D eigenvalue weighted by molar-refractivity contribution is 0.155. The monoisotopic (exact) mass is 350 g/mol. The summed E-state index contributed by atoms with van der Waals surface area (Å²) in [5.74, 6) is 1.43. The van der Waals surface area contributed by atoms with Gasteiger partial charge in [0.2, 0.25) is 0 Å². The molecule has 2 aliphatic rings. The Labute approximate surface area is 150 Å². The van der Waals surface area contributed by atoms with Crippen LogP contribution in [-0.4, -0.2) is 63.7 Å². The van der Waals surface area contributed by atoms with E-state index in [-0.39, 0.29) is 11.9 Å². The predicted octanol–water partition coefficient (Wildman–Crippen LogP) is 1.87. The number of hydrogen-bond donors (Lipinski definition) is 2. The van der Waals surface area contributed by atoms with Gasteiger partial charge in [0, 0.05) is 43.7 Å². The second-order valence-corrected chi connectivity index (χ2v) is 7.64. The number of ether oxygens (including phenoxy) is 1. The van der Waals surface area contributed by atoms with Crippen molar-refractivity contribution in [3.05, 3.63) is 29.6 Å². The van der Waals surface area contributed by atoms with Crippen LogP contribution in [-0.2, 0) is 0 Å². The summed E-state index contributed by atoms with van der Waals surface area (Å²) in [6, 6.07) is 5.12. The Morgan fingerprint density at radius 3 is 2.92 bits per heavy atom. The molecule has 25 heavy (non-hydrogen) atoms. The quantitative estimate of drug-likeness (QED) is 0.820. The van der Waals surface area contributed by atoms with Crippen molar-refractivity contribution in [3.8, 4) is 5.75 Å². The fourth-order valence-electron chi connectivity index (χ4n) is 4.26. The molecule has 140 valence electrons. The van der Waals surface area contributed by atoms with E-state index in [0.717, 1.165) is 25.6 Å². The summed E-state index contributed by atoms with van der Waals surface area (Å²) in [7, 11) is 5.96. The number of piperidine rings is 1. The molecule has 0 saturated carbocycles. The number of methoxy groups -OCH3 is 1. The Morgan fingerprint density at radius 1 is 1.36 bits per heavy atom. The molecule has 3 rings (SSSR count). The predicted molar refractivity (Wildman–Crippen MR) is 98.0 cm³/mol. The number of hydrazine groups is 1. The van der Waals surface area contributed by atoms with Gasteiger partial charge in [-0.25, -0.2) is 9.82 Å². The van der Waals surface area contributed by atoms with Crippen LogP contribution in [0.5, 0.6) is 5.75 Å². The summed E-state index contributed by atoms with van der Waals surface area (Å²) in [6.07, 6.45) is 2.60. The van der Waals surface area contributed by atoms with Crippen LogP contribution in [0, 0.1) is 17.7 Å². The van der Waals surface area contributed by atoms with Crippen LogP contribution < -0.4 is 15.6 Å². The lowest BCUT2D eigenvalue weighted by atomic mass is 9.93. The van der Waals surface area contributed by atoms with Crippen molar-refractivity contribution in [2.45, 2.75) is 18.9 Å². The molecule has 2 N–H and O–H groups in total. The molecular formula is C19H31FN4O. The normalized spacial score (nSPS) is 27.8. The zero-order chi connectivity index (χ0) is 17.8. The zero-order valence-electron chi connectivity index (χ0n) is 15.6. The first kappa shape index (κ1) is 18.6. The minimum absolute atomic E-state index is 0.0117. The van der Waals surface area contributed by atoms with Crippen molar-refractivity contribution >= 4 is 0 Å². The lowest BCUT2D eigenvalue weighted by Crippen LogP contribution is -2.40. The van der Waals surface area contributed by atoms with Crippen LogP contribution in [0.4, 0.5) is 4.39 Å². The number of nitrogens with zero attached hydrogens (tertiary/aromatic N) is 2. The van der Waals surface area contributed by atoms with Gasteiger partial charge >= 0.3 is 0 Å². The molecule has 2 saturated heterocycles. The third kappa shape index (κ3) is 4.70. The van der Waals surface area contributed by atoms with E-state index in [1.165, 1.54) is 32.0 Å². The molecule has 5 nitrogen and oxygen atoms in total. The molecule has 1 aromatic rings. The highest BCUT2D eigenvalue weighted by atomic mass is 19.1. The first-order chi connectivity index (χ1) is 12.1. The average Bonchev–Trinajstić information content (AvgIpc) is 3.02. The molecule has 1 aromatic carbocycles. The highest BCUT2D eigenvalue weighted by Crippen LogP contribution is 2.30. The van der Waals surface area contributed by atoms with E-state index in [1.54, 1.807) is 7.11 Å². The third-order valence-electron chi connectivity index (χ3n) is 5.47. The SMILES string of the molecule is COc1ccc(C2NNCC2CN(C)CC2CCCN(C)C2)c(F)c1. The van der Waals surface area contributed by atoms with Gasteiger partial charge in [-0.05, 0) is 45.5 Å². The van der Waals surface area contributed by atoms with Crippen molar-refractivity contribution in [2.24, 2.45) is 11.8 Å². The summed E-state index contributed by atoms with van der Waals surface area (Å²) < 4.78 is 19.6. The molecular weight excluding hydrogens is 319 g/mol. The Morgan fingerprint density at radius 2 is 2.20 bits per heavy atom. The van der Waals surface area contributed by atoms with Gasteiger partial charge < -0.3 is 14.5 Å². The van der Waals surface area contributed by atoms with Crippen molar-refractivity contribution in [1.82, 2.24) is 20.7 Å². The van der Waals surface area contributed by atoms with Crippen LogP contribution in [0.15, 0.2) is 18.2 Å². The van der Waals surface area contributed by atoms with Crippen molar-refractivity contribution < 1.29 is 9.13 Å². The van der Waals surface area contributed by atoms with Crippen LogP contribution in [0.2, 0.25) is 0 Å². The van der Waals surface area contributed by atoms with Crippen molar-refractivity contribution in [3.63, 3.8) is 0 Å². The van der Waals surface area contributed by atoms with E-state index in [9.17, 15) is 4.39 Å². The van der Waals surface area contributed by atoms with Gasteiger partial charge in [-0.2, -0.15) is 0 Å². The molecule has 2 fully saturated rings. The highest BCUT2D eigenvalue weighted by Gasteiger charge is 2.31. The maximum atomic E-state index is 14.4. The summed E-state index contributed by atoms with van der Waals surface area (Å²) >= 11 is 0. The van der Waals surface area contributed by atoms with Gasteiger partial charge in [-0.15, -0.1) is 0 Å². The number of hydrogen-bond acceptors (Lipinski definition) is 5. The van der Waals surface area contributed by atoms with Crippen LogP contribution in [0.25, 0.3) is 0 Å². The summed E-state index contributed by atoms with van der Waals surface area (Å²) in [5, 5.41) is 0. The lowest BCUT2D eigenvalue weighted by Gasteiger charge is -2.33. The molecule has 6 heteroatoms. The maximum absolute atomic E-state index is 14.4. The minimum Gasteiger partial charge on any atom is -0.497 e. The molecule has 0 aliphatic carbocycles. The Balaban J connectivity index is 1.59. The second kappa shape index (κ2) is 8.45. The largest absolute Gasteiger partial charge is 0.497 e. The van der Waals surface area contributed by atoms with Gasteiger partial charge in [0.1, 0.15) is 11.6 Å². The smallest absolute Gasteiger partial charge is 0.131 e. The number of halogens is 1. The van der Waals surface area contributed by atoms with Gasteiger partial charge in [-0.3, -0.25) is 5.43 Å². The topological polar surface area (TPSA) is 39.8 Å². The third-order valence-corrected chi connectivity index (χ3v) is 5.47. The van der Waals surface area contributed by atoms with Gasteiger partial charge in [0.05, 0.1) is 13.2 Å². The Kier molecular flexibility index (Phi) is 6.28. The molecule has 0 spiro atoms. The van der Waals surface area contributed by atoms with E-state index in [2.05, 4.69) is 34.7 Å². The second-order valence-electron chi connectivity index (χ2n) is 7.64. The molecule has 0 radical (unpaired) electrons. The molecule has 2 aliphatic heterocycles. The zero-order valence-corrected chi connectivity index (χ0v) is 15.6. The first-order valence-electron chi connectivity index (χ1n) is 9.25. The number of nitrogens with one attached hydrogen (secondary N) is 2. The fourth-order valence-corrected chi connectivity index (χ4v) is 4.26. The van der Waals surface area contributed by atoms with E-state index in [4.69, 9.17) is 4.74 Å². The molecule has 2 heterocycles. The summed E-state index contributed by atoms with van der Waals surface area (Å²) in [6.45, 7) is 5.32. The van der Waals surface area contributed by atoms with E-state index >= 15 is 0 Å². The summed E-state index contributed by atoms with van der Waals surface area (Å²) in [5.41, 5.74) is 7.17. The van der Waals surface area contributed by atoms with Gasteiger partial charge in [0.25, 0.3) is 0 Å². The van der Waals surface area contributed by atoms with E-state index in [1.807, 2.05) is 12.1 Å². The molecule has 3 atom stereocenters. The van der Waals surface area contributed by atoms with E-state index in [0.29, 0.717) is 17.2 Å². The number of likely N-dealkylation sites (tertiary alicyclic amines) is 1. The summed E-state index contributed by atoms with van der Waals surface area (Å²) in [4.78, 5) is 4.84. The Bertz CT molecular complexity index is 570. The van der Waals surface area contributed by atoms with Gasteiger partial charge in [0.15, 0.2) is 0 Å². The standard InChI is InChI=1S/C19H31FN4O/c1-23-8-4-5-14(11-23)12-24(2)13-15-10-21-22-19(15)17-7-6-16(25-3)9-18(17)20/h6-7,9,14-15,19,21-22H,4-5,8,10-13H2,1-3H3. The number of rotatable bonds is 6. The average molecular weight is 350 g/mol. The van der Waals surface area contributed by atoms with E-state index < -0.39 is 0 Å². The minimum atomic E-state index is -0.206. The molecule has 0 bridgehead atoms. The van der Waals surface area contributed by atoms with Gasteiger partial charge in [-0.1, -0.05) is 6.07 Å². The van der Waals surface area contributed by atoms with Crippen LogP contribution in [0.1, 0.15) is 24.4 Å². The molecule has 3 unspecified atom stereocenters. The van der Waals surface area contributed by atoms with Crippen LogP contribution in [0.3, 0.4) is 0 Å². The molecule has 0 aromatic heterocycles. The first-order valence-corrected chi connectivity index (χ1v) is 9.25.